The molecule has 0 atom stereocenters. The summed E-state index contributed by atoms with van der Waals surface area (Å²) in [7, 11) is -1.50. The van der Waals surface area contributed by atoms with Crippen LogP contribution in [0.4, 0.5) is 0 Å². The molecule has 5 heteroatoms. The summed E-state index contributed by atoms with van der Waals surface area (Å²) in [6.07, 6.45) is 1.57. The average molecular weight is 241 g/mol. The lowest BCUT2D eigenvalue weighted by Gasteiger charge is -2.06. The number of hydrogen-bond acceptors (Lipinski definition) is 3. The molecule has 16 heavy (non-hydrogen) atoms. The van der Waals surface area contributed by atoms with Crippen LogP contribution in [0.25, 0.3) is 0 Å². The zero-order valence-electron chi connectivity index (χ0n) is 9.14. The number of methoxy groups -OCH3 is 1. The quantitative estimate of drug-likeness (QED) is 0.844. The van der Waals surface area contributed by atoms with E-state index in [9.17, 15) is 8.42 Å². The Hall–Kier alpha value is -1.07. The van der Waals surface area contributed by atoms with Gasteiger partial charge in [0.25, 0.3) is 0 Å². The van der Waals surface area contributed by atoms with Gasteiger partial charge in [-0.1, -0.05) is 12.1 Å². The summed E-state index contributed by atoms with van der Waals surface area (Å²) in [6, 6.07) is 7.38. The SMILES string of the molecule is COc1cccc(CNS(=O)(=O)C2CC2)c1. The molecule has 0 spiro atoms. The van der Waals surface area contributed by atoms with Gasteiger partial charge in [-0.05, 0) is 30.5 Å². The molecule has 2 rings (SSSR count). The van der Waals surface area contributed by atoms with Gasteiger partial charge in [-0.2, -0.15) is 0 Å². The van der Waals surface area contributed by atoms with Crippen LogP contribution in [0.5, 0.6) is 5.75 Å². The number of benzene rings is 1. The summed E-state index contributed by atoms with van der Waals surface area (Å²) < 4.78 is 30.8. The highest BCUT2D eigenvalue weighted by Crippen LogP contribution is 2.27. The first-order valence-electron chi connectivity index (χ1n) is 5.23. The molecule has 0 unspecified atom stereocenters. The zero-order chi connectivity index (χ0) is 11.6. The topological polar surface area (TPSA) is 55.4 Å². The average Bonchev–Trinajstić information content (AvgIpc) is 3.11. The standard InChI is InChI=1S/C11H15NO3S/c1-15-10-4-2-3-9(7-10)8-12-16(13,14)11-5-6-11/h2-4,7,11-12H,5-6,8H2,1H3. The van der Waals surface area contributed by atoms with Crippen molar-refractivity contribution < 1.29 is 13.2 Å². The highest BCUT2D eigenvalue weighted by Gasteiger charge is 2.35. The molecule has 0 saturated heterocycles. The minimum Gasteiger partial charge on any atom is -0.497 e. The van der Waals surface area contributed by atoms with Crippen LogP contribution in [0.3, 0.4) is 0 Å². The molecule has 0 bridgehead atoms. The van der Waals surface area contributed by atoms with Crippen molar-refractivity contribution in [3.8, 4) is 5.75 Å². The highest BCUT2D eigenvalue weighted by atomic mass is 32.2. The van der Waals surface area contributed by atoms with E-state index in [1.807, 2.05) is 24.3 Å². The molecular weight excluding hydrogens is 226 g/mol. The van der Waals surface area contributed by atoms with Crippen LogP contribution >= 0.6 is 0 Å². The molecule has 1 fully saturated rings. The Morgan fingerprint density at radius 3 is 2.81 bits per heavy atom. The van der Waals surface area contributed by atoms with Gasteiger partial charge in [0.05, 0.1) is 12.4 Å². The molecule has 0 radical (unpaired) electrons. The Kier molecular flexibility index (Phi) is 3.16. The molecule has 4 nitrogen and oxygen atoms in total. The van der Waals surface area contributed by atoms with Gasteiger partial charge in [-0.15, -0.1) is 0 Å². The second-order valence-corrected chi connectivity index (χ2v) is 5.96. The van der Waals surface area contributed by atoms with Crippen molar-refractivity contribution in [1.82, 2.24) is 4.72 Å². The van der Waals surface area contributed by atoms with Gasteiger partial charge in [-0.25, -0.2) is 13.1 Å². The molecule has 1 saturated carbocycles. The van der Waals surface area contributed by atoms with E-state index in [1.165, 1.54) is 0 Å². The fourth-order valence-corrected chi connectivity index (χ4v) is 2.82. The van der Waals surface area contributed by atoms with E-state index < -0.39 is 10.0 Å². The largest absolute Gasteiger partial charge is 0.497 e. The van der Waals surface area contributed by atoms with Crippen molar-refractivity contribution in [2.75, 3.05) is 7.11 Å². The summed E-state index contributed by atoms with van der Waals surface area (Å²) in [6.45, 7) is 0.329. The Labute approximate surface area is 95.7 Å². The number of hydrogen-bond donors (Lipinski definition) is 1. The Morgan fingerprint density at radius 2 is 2.19 bits per heavy atom. The van der Waals surface area contributed by atoms with E-state index in [0.717, 1.165) is 24.2 Å². The lowest BCUT2D eigenvalue weighted by atomic mass is 10.2. The monoisotopic (exact) mass is 241 g/mol. The third-order valence-electron chi connectivity index (χ3n) is 2.57. The van der Waals surface area contributed by atoms with Crippen LogP contribution in [0.1, 0.15) is 18.4 Å². The van der Waals surface area contributed by atoms with Crippen molar-refractivity contribution in [3.05, 3.63) is 29.8 Å². The summed E-state index contributed by atoms with van der Waals surface area (Å²) in [5, 5.41) is -0.168. The zero-order valence-corrected chi connectivity index (χ0v) is 9.96. The molecule has 1 aliphatic carbocycles. The second-order valence-electron chi connectivity index (χ2n) is 3.92. The lowest BCUT2D eigenvalue weighted by molar-refractivity contribution is 0.414. The van der Waals surface area contributed by atoms with E-state index in [-0.39, 0.29) is 5.25 Å². The molecule has 1 N–H and O–H groups in total. The summed E-state index contributed by atoms with van der Waals surface area (Å²) in [5.41, 5.74) is 0.906. The van der Waals surface area contributed by atoms with Crippen molar-refractivity contribution in [2.24, 2.45) is 0 Å². The second kappa shape index (κ2) is 4.43. The first kappa shape index (κ1) is 11.4. The third-order valence-corrected chi connectivity index (χ3v) is 4.47. The van der Waals surface area contributed by atoms with E-state index in [0.29, 0.717) is 6.54 Å². The maximum atomic E-state index is 11.6. The van der Waals surface area contributed by atoms with Gasteiger partial charge < -0.3 is 4.74 Å². The van der Waals surface area contributed by atoms with Gasteiger partial charge in [0.15, 0.2) is 0 Å². The smallest absolute Gasteiger partial charge is 0.214 e. The fraction of sp³-hybridized carbons (Fsp3) is 0.455. The predicted molar refractivity (Wildman–Crippen MR) is 61.8 cm³/mol. The number of ether oxygens (including phenoxy) is 1. The first-order chi connectivity index (χ1) is 7.62. The summed E-state index contributed by atoms with van der Waals surface area (Å²) >= 11 is 0. The molecule has 0 heterocycles. The summed E-state index contributed by atoms with van der Waals surface area (Å²) in [5.74, 6) is 0.739. The molecule has 1 aliphatic rings. The number of rotatable bonds is 5. The molecule has 1 aromatic rings. The first-order valence-corrected chi connectivity index (χ1v) is 6.78. The van der Waals surface area contributed by atoms with E-state index in [2.05, 4.69) is 4.72 Å². The molecule has 1 aromatic carbocycles. The number of sulfonamides is 1. The van der Waals surface area contributed by atoms with Crippen molar-refractivity contribution >= 4 is 10.0 Å². The van der Waals surface area contributed by atoms with Gasteiger partial charge in [0, 0.05) is 6.54 Å². The van der Waals surface area contributed by atoms with E-state index >= 15 is 0 Å². The van der Waals surface area contributed by atoms with E-state index in [1.54, 1.807) is 7.11 Å². The van der Waals surface area contributed by atoms with Crippen LogP contribution < -0.4 is 9.46 Å². The Bertz CT molecular complexity index is 466. The van der Waals surface area contributed by atoms with Crippen LogP contribution in [0, 0.1) is 0 Å². The van der Waals surface area contributed by atoms with Crippen molar-refractivity contribution in [2.45, 2.75) is 24.6 Å². The van der Waals surface area contributed by atoms with Crippen LogP contribution in [-0.4, -0.2) is 20.8 Å². The normalized spacial score (nSPS) is 16.1. The minimum absolute atomic E-state index is 0.168. The van der Waals surface area contributed by atoms with Crippen LogP contribution in [-0.2, 0) is 16.6 Å². The Balaban J connectivity index is 1.98. The maximum absolute atomic E-state index is 11.6. The Morgan fingerprint density at radius 1 is 1.44 bits per heavy atom. The maximum Gasteiger partial charge on any atom is 0.214 e. The minimum atomic E-state index is -3.10. The highest BCUT2D eigenvalue weighted by molar-refractivity contribution is 7.90. The molecular formula is C11H15NO3S. The lowest BCUT2D eigenvalue weighted by Crippen LogP contribution is -2.26. The van der Waals surface area contributed by atoms with Gasteiger partial charge in [0.1, 0.15) is 5.75 Å². The van der Waals surface area contributed by atoms with Gasteiger partial charge >= 0.3 is 0 Å². The van der Waals surface area contributed by atoms with Crippen LogP contribution in [0.2, 0.25) is 0 Å². The van der Waals surface area contributed by atoms with Gasteiger partial charge in [0.2, 0.25) is 10.0 Å². The third kappa shape index (κ3) is 2.74. The molecule has 0 aromatic heterocycles. The molecule has 0 aliphatic heterocycles. The van der Waals surface area contributed by atoms with Crippen LogP contribution in [0.15, 0.2) is 24.3 Å². The molecule has 0 amide bonds. The fourth-order valence-electron chi connectivity index (χ4n) is 1.46. The van der Waals surface area contributed by atoms with Crippen molar-refractivity contribution in [1.29, 1.82) is 0 Å². The van der Waals surface area contributed by atoms with E-state index in [4.69, 9.17) is 4.74 Å². The molecule has 88 valence electrons. The predicted octanol–water partition coefficient (Wildman–Crippen LogP) is 1.28. The summed E-state index contributed by atoms with van der Waals surface area (Å²) in [4.78, 5) is 0. The van der Waals surface area contributed by atoms with Gasteiger partial charge in [-0.3, -0.25) is 0 Å². The van der Waals surface area contributed by atoms with Crippen molar-refractivity contribution in [3.63, 3.8) is 0 Å². The number of nitrogens with one attached hydrogen (secondary N) is 1.